The van der Waals surface area contributed by atoms with Crippen LogP contribution >= 0.6 is 0 Å². The summed E-state index contributed by atoms with van der Waals surface area (Å²) < 4.78 is 50.3. The van der Waals surface area contributed by atoms with Gasteiger partial charge in [0, 0.05) is 25.9 Å². The minimum Gasteiger partial charge on any atom is -0.381 e. The van der Waals surface area contributed by atoms with Crippen LogP contribution in [0, 0.1) is 11.8 Å². The van der Waals surface area contributed by atoms with Crippen LogP contribution in [0.2, 0.25) is 0 Å². The first-order valence-corrected chi connectivity index (χ1v) is 8.00. The van der Waals surface area contributed by atoms with Crippen LogP contribution in [0.15, 0.2) is 0 Å². The lowest BCUT2D eigenvalue weighted by atomic mass is 9.74. The first-order chi connectivity index (χ1) is 9.99. The van der Waals surface area contributed by atoms with Crippen molar-refractivity contribution in [2.24, 2.45) is 11.8 Å². The molecule has 0 amide bonds. The maximum Gasteiger partial charge on any atom is 0.391 e. The predicted molar refractivity (Wildman–Crippen MR) is 72.0 cm³/mol. The first kappa shape index (κ1) is 15.6. The molecular weight excluding hydrogens is 283 g/mol. The quantitative estimate of drug-likeness (QED) is 0.808. The van der Waals surface area contributed by atoms with E-state index in [2.05, 4.69) is 5.32 Å². The topological polar surface area (TPSA) is 30.5 Å². The summed E-state index contributed by atoms with van der Waals surface area (Å²) in [6.45, 7) is 2.55. The molecule has 3 rings (SSSR count). The van der Waals surface area contributed by atoms with Crippen molar-refractivity contribution in [2.75, 3.05) is 26.4 Å². The number of piperidine rings is 1. The van der Waals surface area contributed by atoms with Crippen molar-refractivity contribution in [2.45, 2.75) is 56.3 Å². The number of halogens is 3. The average Bonchev–Trinajstić information content (AvgIpc) is 2.47. The fourth-order valence-electron chi connectivity index (χ4n) is 4.11. The Kier molecular flexibility index (Phi) is 4.48. The number of alkyl halides is 3. The van der Waals surface area contributed by atoms with Gasteiger partial charge >= 0.3 is 6.18 Å². The van der Waals surface area contributed by atoms with Gasteiger partial charge in [-0.15, -0.1) is 0 Å². The molecule has 0 radical (unpaired) electrons. The molecule has 1 N–H and O–H groups in total. The standard InChI is InChI=1S/C15H24F3NO2/c16-15(17,18)12-1-5-19-13(9-12)11-2-6-21-14(10-11)3-7-20-8-4-14/h11-13,19H,1-10H2. The molecule has 0 bridgehead atoms. The van der Waals surface area contributed by atoms with Gasteiger partial charge in [0.1, 0.15) is 0 Å². The van der Waals surface area contributed by atoms with Crippen LogP contribution in [-0.2, 0) is 9.47 Å². The lowest BCUT2D eigenvalue weighted by Gasteiger charge is -2.47. The van der Waals surface area contributed by atoms with E-state index in [1.54, 1.807) is 0 Å². The fraction of sp³-hybridized carbons (Fsp3) is 1.00. The van der Waals surface area contributed by atoms with Gasteiger partial charge in [0.15, 0.2) is 0 Å². The summed E-state index contributed by atoms with van der Waals surface area (Å²) in [5.41, 5.74) is -0.145. The first-order valence-electron chi connectivity index (χ1n) is 8.00. The van der Waals surface area contributed by atoms with Crippen molar-refractivity contribution in [3.63, 3.8) is 0 Å². The molecule has 3 atom stereocenters. The highest BCUT2D eigenvalue weighted by molar-refractivity contribution is 4.95. The molecule has 3 aliphatic heterocycles. The van der Waals surface area contributed by atoms with Gasteiger partial charge in [-0.05, 0) is 51.0 Å². The lowest BCUT2D eigenvalue weighted by Crippen LogP contribution is -2.52. The molecule has 3 fully saturated rings. The molecule has 6 heteroatoms. The Morgan fingerprint density at radius 3 is 2.52 bits per heavy atom. The van der Waals surface area contributed by atoms with Gasteiger partial charge in [-0.25, -0.2) is 0 Å². The summed E-state index contributed by atoms with van der Waals surface area (Å²) in [6, 6.07) is -0.0194. The second-order valence-corrected chi connectivity index (χ2v) is 6.72. The van der Waals surface area contributed by atoms with Crippen molar-refractivity contribution in [3.8, 4) is 0 Å². The van der Waals surface area contributed by atoms with Crippen LogP contribution in [0.5, 0.6) is 0 Å². The highest BCUT2D eigenvalue weighted by atomic mass is 19.4. The summed E-state index contributed by atoms with van der Waals surface area (Å²) in [6.07, 6.45) is -0.133. The molecule has 1 spiro atoms. The van der Waals surface area contributed by atoms with Crippen molar-refractivity contribution < 1.29 is 22.6 Å². The van der Waals surface area contributed by atoms with E-state index in [0.717, 1.165) is 25.7 Å². The SMILES string of the molecule is FC(F)(F)C1CCNC(C2CCOC3(CCOCC3)C2)C1. The lowest BCUT2D eigenvalue weighted by molar-refractivity contribution is -0.188. The third kappa shape index (κ3) is 3.54. The third-order valence-electron chi connectivity index (χ3n) is 5.40. The number of hydrogen-bond donors (Lipinski definition) is 1. The molecule has 122 valence electrons. The van der Waals surface area contributed by atoms with E-state index < -0.39 is 12.1 Å². The van der Waals surface area contributed by atoms with Gasteiger partial charge in [-0.1, -0.05) is 0 Å². The molecule has 3 nitrogen and oxygen atoms in total. The van der Waals surface area contributed by atoms with E-state index in [4.69, 9.17) is 9.47 Å². The predicted octanol–water partition coefficient (Wildman–Crippen LogP) is 2.89. The van der Waals surface area contributed by atoms with Crippen LogP contribution in [0.25, 0.3) is 0 Å². The second-order valence-electron chi connectivity index (χ2n) is 6.72. The average molecular weight is 307 g/mol. The van der Waals surface area contributed by atoms with Gasteiger partial charge in [0.05, 0.1) is 11.5 Å². The van der Waals surface area contributed by atoms with Crippen LogP contribution in [-0.4, -0.2) is 44.2 Å². The number of hydrogen-bond acceptors (Lipinski definition) is 3. The zero-order valence-electron chi connectivity index (χ0n) is 12.3. The Hall–Kier alpha value is -0.330. The van der Waals surface area contributed by atoms with Gasteiger partial charge in [0.25, 0.3) is 0 Å². The Balaban J connectivity index is 1.63. The van der Waals surface area contributed by atoms with Crippen LogP contribution in [0.4, 0.5) is 13.2 Å². The van der Waals surface area contributed by atoms with E-state index in [9.17, 15) is 13.2 Å². The molecule has 0 aromatic carbocycles. The molecule has 3 saturated heterocycles. The molecule has 3 unspecified atom stereocenters. The molecule has 0 aromatic heterocycles. The third-order valence-corrected chi connectivity index (χ3v) is 5.40. The summed E-state index contributed by atoms with van der Waals surface area (Å²) in [7, 11) is 0. The van der Waals surface area contributed by atoms with E-state index in [0.29, 0.717) is 32.3 Å². The molecule has 3 aliphatic rings. The van der Waals surface area contributed by atoms with Crippen molar-refractivity contribution >= 4 is 0 Å². The number of rotatable bonds is 1. The normalized spacial score (nSPS) is 37.6. The second kappa shape index (κ2) is 6.05. The van der Waals surface area contributed by atoms with Crippen LogP contribution in [0.3, 0.4) is 0 Å². The summed E-state index contributed by atoms with van der Waals surface area (Å²) >= 11 is 0. The molecule has 0 aromatic rings. The number of nitrogens with one attached hydrogen (secondary N) is 1. The fourth-order valence-corrected chi connectivity index (χ4v) is 4.11. The molecule has 0 aliphatic carbocycles. The summed E-state index contributed by atoms with van der Waals surface area (Å²) in [5.74, 6) is -0.848. The van der Waals surface area contributed by atoms with E-state index in [-0.39, 0.29) is 24.5 Å². The van der Waals surface area contributed by atoms with E-state index in [1.165, 1.54) is 0 Å². The molecule has 0 saturated carbocycles. The van der Waals surface area contributed by atoms with Crippen LogP contribution < -0.4 is 5.32 Å². The van der Waals surface area contributed by atoms with E-state index >= 15 is 0 Å². The highest BCUT2D eigenvalue weighted by Crippen LogP contribution is 2.42. The van der Waals surface area contributed by atoms with Crippen molar-refractivity contribution in [1.82, 2.24) is 5.32 Å². The minimum atomic E-state index is -4.05. The highest BCUT2D eigenvalue weighted by Gasteiger charge is 2.46. The Bertz CT molecular complexity index is 350. The molecular formula is C15H24F3NO2. The van der Waals surface area contributed by atoms with Gasteiger partial charge in [-0.3, -0.25) is 0 Å². The van der Waals surface area contributed by atoms with Crippen molar-refractivity contribution in [1.29, 1.82) is 0 Å². The maximum atomic E-state index is 13.0. The van der Waals surface area contributed by atoms with E-state index in [1.807, 2.05) is 0 Å². The molecule has 21 heavy (non-hydrogen) atoms. The summed E-state index contributed by atoms with van der Waals surface area (Å²) in [4.78, 5) is 0. The molecule has 3 heterocycles. The van der Waals surface area contributed by atoms with Crippen molar-refractivity contribution in [3.05, 3.63) is 0 Å². The monoisotopic (exact) mass is 307 g/mol. The van der Waals surface area contributed by atoms with Gasteiger partial charge in [-0.2, -0.15) is 13.2 Å². The van der Waals surface area contributed by atoms with Crippen LogP contribution in [0.1, 0.15) is 38.5 Å². The minimum absolute atomic E-state index is 0.0194. The Morgan fingerprint density at radius 2 is 1.81 bits per heavy atom. The number of ether oxygens (including phenoxy) is 2. The zero-order chi connectivity index (χ0) is 14.9. The van der Waals surface area contributed by atoms with Gasteiger partial charge in [0.2, 0.25) is 0 Å². The smallest absolute Gasteiger partial charge is 0.381 e. The Labute approximate surface area is 123 Å². The Morgan fingerprint density at radius 1 is 1.05 bits per heavy atom. The largest absolute Gasteiger partial charge is 0.391 e. The maximum absolute atomic E-state index is 13.0. The zero-order valence-corrected chi connectivity index (χ0v) is 12.3. The summed E-state index contributed by atoms with van der Waals surface area (Å²) in [5, 5.41) is 3.33. The van der Waals surface area contributed by atoms with Gasteiger partial charge < -0.3 is 14.8 Å².